The number of carbonyl (C=O) groups excluding carboxylic acids is 1. The summed E-state index contributed by atoms with van der Waals surface area (Å²) < 4.78 is 168. The minimum Gasteiger partial charge on any atom is -0.369 e. The van der Waals surface area contributed by atoms with E-state index in [-0.39, 0.29) is 62.1 Å². The number of hydrogen-bond acceptors (Lipinski definition) is 5. The van der Waals surface area contributed by atoms with Crippen LogP contribution in [0.4, 0.5) is 11.4 Å². The first kappa shape index (κ1) is 8.85. The lowest BCUT2D eigenvalue weighted by molar-refractivity contribution is -0.114. The molecule has 0 saturated carbocycles. The van der Waals surface area contributed by atoms with Crippen molar-refractivity contribution in [3.8, 4) is 0 Å². The van der Waals surface area contributed by atoms with Crippen LogP contribution in [0, 0.1) is 5.89 Å². The number of hydrogen-bond donors (Lipinski definition) is 1. The standard InChI is InChI=1S/C21H36N4O3S/c1-18(2)17-29(27,28)23(4)10-5-6-11-24-12-14-25(15-13-24)21-9-7-8-20(16-21)22-19(3)26/h7-9,16,18H,5-6,10-15,17H2,1-4H3,(H,22,26)/i1D3,2D3,4D3,8D,9D,10D,11D,16D,17D2,18D/hD. The molecule has 0 aliphatic carbocycles. The van der Waals surface area contributed by atoms with E-state index < -0.39 is 72.0 Å². The fraction of sp³-hybridized carbons (Fsp3) is 0.667. The number of amides is 1. The van der Waals surface area contributed by atoms with Crippen molar-refractivity contribution in [1.82, 2.24) is 9.21 Å². The van der Waals surface area contributed by atoms with Gasteiger partial charge in [-0.1, -0.05) is 19.8 Å². The number of nitrogens with zero attached hydrogens (tertiary/aromatic N) is 3. The summed E-state index contributed by atoms with van der Waals surface area (Å²) in [7, 11) is -6.18. The van der Waals surface area contributed by atoms with Gasteiger partial charge in [0.2, 0.25) is 15.9 Å². The van der Waals surface area contributed by atoms with Gasteiger partial charge in [0.25, 0.3) is 0 Å². The highest BCUT2D eigenvalue weighted by Gasteiger charge is 2.20. The van der Waals surface area contributed by atoms with E-state index in [9.17, 15) is 13.2 Å². The molecule has 8 heteroatoms. The van der Waals surface area contributed by atoms with Crippen molar-refractivity contribution in [3.63, 3.8) is 0 Å². The Bertz CT molecular complexity index is 1400. The molecule has 0 bridgehead atoms. The maximum absolute atomic E-state index is 13.4. The van der Waals surface area contributed by atoms with Crippen LogP contribution in [0.5, 0.6) is 0 Å². The summed E-state index contributed by atoms with van der Waals surface area (Å²) in [6.07, 6.45) is -1.05. The maximum Gasteiger partial charge on any atom is 0.221 e. The minimum absolute atomic E-state index is 0.0503. The Labute approximate surface area is 201 Å². The van der Waals surface area contributed by atoms with E-state index in [4.69, 9.17) is 24.7 Å². The Morgan fingerprint density at radius 3 is 2.79 bits per heavy atom. The first-order valence-corrected chi connectivity index (χ1v) is 10.2. The van der Waals surface area contributed by atoms with Crippen LogP contribution in [-0.2, 0) is 14.8 Å². The quantitative estimate of drug-likeness (QED) is 0.603. The summed E-state index contributed by atoms with van der Waals surface area (Å²) in [4.78, 5) is 14.8. The van der Waals surface area contributed by atoms with Crippen molar-refractivity contribution < 1.29 is 37.9 Å². The van der Waals surface area contributed by atoms with E-state index in [0.717, 1.165) is 13.0 Å². The van der Waals surface area contributed by atoms with Gasteiger partial charge in [0.05, 0.1) is 9.82 Å². The van der Waals surface area contributed by atoms with Gasteiger partial charge in [0.1, 0.15) is 0 Å². The van der Waals surface area contributed by atoms with Crippen molar-refractivity contribution in [1.29, 1.82) is 0 Å². The zero-order valence-corrected chi connectivity index (χ0v) is 16.7. The summed E-state index contributed by atoms with van der Waals surface area (Å²) in [6.45, 7) is -13.9. The second kappa shape index (κ2) is 10.9. The molecule has 0 radical (unpaired) electrons. The van der Waals surface area contributed by atoms with Crippen molar-refractivity contribution in [2.45, 2.75) is 33.5 Å². The van der Waals surface area contributed by atoms with Gasteiger partial charge in [-0.3, -0.25) is 9.69 Å². The molecule has 1 aliphatic rings. The summed E-state index contributed by atoms with van der Waals surface area (Å²) in [6, 6.07) is 0.137. The van der Waals surface area contributed by atoms with Gasteiger partial charge in [0.15, 0.2) is 1.41 Å². The molecular weight excluding hydrogens is 388 g/mol. The molecule has 7 nitrogen and oxygen atoms in total. The zero-order valence-electron chi connectivity index (χ0n) is 33.9. The van der Waals surface area contributed by atoms with E-state index in [2.05, 4.69) is 0 Å². The lowest BCUT2D eigenvalue weighted by atomic mass is 10.2. The average molecular weight is 443 g/mol. The van der Waals surface area contributed by atoms with Crippen LogP contribution < -0.4 is 10.2 Å². The third kappa shape index (κ3) is 7.95. The third-order valence-electron chi connectivity index (χ3n) is 3.89. The molecule has 0 aromatic heterocycles. The highest BCUT2D eigenvalue weighted by molar-refractivity contribution is 7.89. The van der Waals surface area contributed by atoms with Crippen LogP contribution in [0.15, 0.2) is 24.2 Å². The van der Waals surface area contributed by atoms with E-state index >= 15 is 0 Å². The summed E-state index contributed by atoms with van der Waals surface area (Å²) in [5, 5.41) is 0.380. The molecular formula is C21H36N4O3S. The Balaban J connectivity index is 2.27. The lowest BCUT2D eigenvalue weighted by Gasteiger charge is -2.36. The summed E-state index contributed by atoms with van der Waals surface area (Å²) in [5.74, 6) is -5.10. The highest BCUT2D eigenvalue weighted by atomic mass is 32.2. The first-order valence-electron chi connectivity index (χ1n) is 17.8. The Hall–Kier alpha value is -1.64. The number of rotatable bonds is 10. The average Bonchev–Trinajstić information content (AvgIpc) is 2.88. The van der Waals surface area contributed by atoms with E-state index in [1.165, 1.54) is 0 Å². The van der Waals surface area contributed by atoms with Gasteiger partial charge in [-0.05, 0) is 43.4 Å². The highest BCUT2D eigenvalue weighted by Crippen LogP contribution is 2.21. The molecule has 0 spiro atoms. The Morgan fingerprint density at radius 2 is 2.14 bits per heavy atom. The molecule has 2 unspecified atom stereocenters. The fourth-order valence-corrected chi connectivity index (χ4v) is 3.26. The zero-order chi connectivity index (χ0) is 36.9. The second-order valence-corrected chi connectivity index (χ2v) is 7.68. The van der Waals surface area contributed by atoms with Crippen LogP contribution in [-0.4, -0.2) is 75.4 Å². The maximum atomic E-state index is 13.4. The van der Waals surface area contributed by atoms with Crippen LogP contribution in [0.1, 0.15) is 56.8 Å². The molecule has 2 atom stereocenters. The molecule has 1 fully saturated rings. The van der Waals surface area contributed by atoms with Crippen LogP contribution in [0.3, 0.4) is 0 Å². The second-order valence-electron chi connectivity index (χ2n) is 6.13. The molecule has 1 aromatic carbocycles. The molecule has 2 rings (SSSR count). The predicted molar refractivity (Wildman–Crippen MR) is 120 cm³/mol. The minimum atomic E-state index is -6.18. The van der Waals surface area contributed by atoms with E-state index in [1.54, 1.807) is 9.80 Å². The van der Waals surface area contributed by atoms with Crippen LogP contribution in [0.2, 0.25) is 1.41 Å². The van der Waals surface area contributed by atoms with Gasteiger partial charge in [-0.2, -0.15) is 0 Å². The van der Waals surface area contributed by atoms with Gasteiger partial charge >= 0.3 is 0 Å². The van der Waals surface area contributed by atoms with Gasteiger partial charge in [-0.25, -0.2) is 12.7 Å². The van der Waals surface area contributed by atoms with Crippen molar-refractivity contribution in [2.75, 3.05) is 62.1 Å². The number of benzene rings is 1. The SMILES string of the molecule is [2H]c1cc([2H])c(N([2H])C(C)=O)c([2H])c1N1CCN(C([2H])CCC([2H])N(C([2H])([2H])[2H])S(=O)(=O)C([2H])([2H])C([2H])(C([2H])([2H])[2H])C([2H])([2H])[2H])CC1. The van der Waals surface area contributed by atoms with Gasteiger partial charge in [-0.15, -0.1) is 0 Å². The smallest absolute Gasteiger partial charge is 0.221 e. The number of carbonyl (C=O) groups is 1. The van der Waals surface area contributed by atoms with Crippen LogP contribution >= 0.6 is 0 Å². The Morgan fingerprint density at radius 1 is 1.38 bits per heavy atom. The molecule has 164 valence electrons. The number of nitrogens with one attached hydrogen (secondary N) is 1. The first-order chi connectivity index (χ1) is 21.0. The molecule has 1 amide bonds. The predicted octanol–water partition coefficient (Wildman–Crippen LogP) is 2.46. The van der Waals surface area contributed by atoms with Gasteiger partial charge in [0, 0.05) is 77.2 Å². The monoisotopic (exact) mass is 442 g/mol. The summed E-state index contributed by atoms with van der Waals surface area (Å²) in [5.41, 5.74) is -4.81. The number of anilines is 2. The summed E-state index contributed by atoms with van der Waals surface area (Å²) >= 11 is 0. The van der Waals surface area contributed by atoms with Crippen molar-refractivity contribution >= 4 is 27.3 Å². The van der Waals surface area contributed by atoms with Crippen LogP contribution in [0.25, 0.3) is 0 Å². The normalized spacial score (nSPS) is 29.2. The molecule has 1 aliphatic heterocycles. The third-order valence-corrected chi connectivity index (χ3v) is 5.02. The van der Waals surface area contributed by atoms with E-state index in [1.807, 2.05) is 0 Å². The topological polar surface area (TPSA) is 73.0 Å². The number of sulfonamides is 1. The van der Waals surface area contributed by atoms with Crippen molar-refractivity contribution in [2.24, 2.45) is 5.89 Å². The fourth-order valence-electron chi connectivity index (χ4n) is 2.60. The largest absolute Gasteiger partial charge is 0.369 e. The molecule has 1 saturated heterocycles. The van der Waals surface area contributed by atoms with E-state index in [0.29, 0.717) is 5.31 Å². The van der Waals surface area contributed by atoms with Gasteiger partial charge < -0.3 is 10.2 Å². The molecule has 1 aromatic rings. The number of piperazine rings is 1. The molecule has 1 N–H and O–H groups in total. The lowest BCUT2D eigenvalue weighted by Crippen LogP contribution is -2.46. The molecule has 1 heterocycles. The van der Waals surface area contributed by atoms with Crippen molar-refractivity contribution in [3.05, 3.63) is 24.2 Å². The Kier molecular flexibility index (Phi) is 3.34. The molecule has 29 heavy (non-hydrogen) atoms.